The van der Waals surface area contributed by atoms with Crippen LogP contribution in [0.25, 0.3) is 0 Å². The van der Waals surface area contributed by atoms with Gasteiger partial charge in [-0.15, -0.1) is 0 Å². The van der Waals surface area contributed by atoms with Gasteiger partial charge in [0.1, 0.15) is 6.04 Å². The highest BCUT2D eigenvalue weighted by atomic mass is 16.2. The number of carbonyl (C=O) groups excluding carboxylic acids is 2. The number of carbonyl (C=O) groups is 2. The first-order valence-electron chi connectivity index (χ1n) is 10.3. The second kappa shape index (κ2) is 10.1. The van der Waals surface area contributed by atoms with Crippen LogP contribution in [-0.2, 0) is 9.59 Å². The largest absolute Gasteiger partial charge is 0.354 e. The summed E-state index contributed by atoms with van der Waals surface area (Å²) < 4.78 is 0. The first kappa shape index (κ1) is 20.1. The van der Waals surface area contributed by atoms with Gasteiger partial charge in [0.2, 0.25) is 11.8 Å². The summed E-state index contributed by atoms with van der Waals surface area (Å²) in [5.41, 5.74) is 2.49. The third-order valence-electron chi connectivity index (χ3n) is 5.65. The molecule has 2 aromatic rings. The average Bonchev–Trinajstić information content (AvgIpc) is 3.25. The standard InChI is InChI=1S/C24H30N2O2/c1-18(27)26-23(21-14-8-9-15-21)24(28)25-17-16-22(19-10-4-2-5-11-19)20-12-6-3-7-13-20/h2-7,10-13,21-23H,8-9,14-17H2,1H3,(H,25,28)(H,26,27). The molecule has 0 heterocycles. The maximum atomic E-state index is 12.8. The molecule has 0 bridgehead atoms. The molecule has 0 radical (unpaired) electrons. The summed E-state index contributed by atoms with van der Waals surface area (Å²) >= 11 is 0. The monoisotopic (exact) mass is 378 g/mol. The van der Waals surface area contributed by atoms with Gasteiger partial charge in [-0.3, -0.25) is 9.59 Å². The molecule has 148 valence electrons. The van der Waals surface area contributed by atoms with E-state index in [9.17, 15) is 9.59 Å². The van der Waals surface area contributed by atoms with E-state index in [1.165, 1.54) is 18.1 Å². The zero-order valence-corrected chi connectivity index (χ0v) is 16.6. The van der Waals surface area contributed by atoms with Gasteiger partial charge in [-0.05, 0) is 36.3 Å². The molecule has 1 saturated carbocycles. The number of rotatable bonds is 8. The van der Waals surface area contributed by atoms with Gasteiger partial charge >= 0.3 is 0 Å². The van der Waals surface area contributed by atoms with Crippen molar-refractivity contribution in [1.29, 1.82) is 0 Å². The van der Waals surface area contributed by atoms with Gasteiger partial charge in [0, 0.05) is 19.4 Å². The van der Waals surface area contributed by atoms with Gasteiger partial charge in [0.05, 0.1) is 0 Å². The molecule has 28 heavy (non-hydrogen) atoms. The molecule has 2 aromatic carbocycles. The average molecular weight is 379 g/mol. The third-order valence-corrected chi connectivity index (χ3v) is 5.65. The van der Waals surface area contributed by atoms with Crippen LogP contribution in [-0.4, -0.2) is 24.4 Å². The van der Waals surface area contributed by atoms with E-state index in [-0.39, 0.29) is 23.7 Å². The van der Waals surface area contributed by atoms with E-state index < -0.39 is 6.04 Å². The van der Waals surface area contributed by atoms with Crippen LogP contribution in [0.2, 0.25) is 0 Å². The number of hydrogen-bond donors (Lipinski definition) is 2. The minimum absolute atomic E-state index is 0.0537. The smallest absolute Gasteiger partial charge is 0.242 e. The van der Waals surface area contributed by atoms with Crippen molar-refractivity contribution < 1.29 is 9.59 Å². The lowest BCUT2D eigenvalue weighted by atomic mass is 9.88. The Morgan fingerprint density at radius 1 is 0.929 bits per heavy atom. The summed E-state index contributed by atoms with van der Waals surface area (Å²) in [7, 11) is 0. The Labute approximate surface area is 167 Å². The van der Waals surface area contributed by atoms with Crippen LogP contribution in [0, 0.1) is 5.92 Å². The van der Waals surface area contributed by atoms with E-state index in [2.05, 4.69) is 59.2 Å². The predicted octanol–water partition coefficient (Wildman–Crippen LogP) is 4.02. The highest BCUT2D eigenvalue weighted by Crippen LogP contribution is 2.29. The molecule has 1 aliphatic carbocycles. The molecule has 4 heteroatoms. The van der Waals surface area contributed by atoms with Crippen molar-refractivity contribution in [3.63, 3.8) is 0 Å². The van der Waals surface area contributed by atoms with Gasteiger partial charge in [-0.2, -0.15) is 0 Å². The summed E-state index contributed by atoms with van der Waals surface area (Å²) in [6.07, 6.45) is 5.11. The van der Waals surface area contributed by atoms with Gasteiger partial charge in [0.15, 0.2) is 0 Å². The normalized spacial score (nSPS) is 15.4. The fraction of sp³-hybridized carbons (Fsp3) is 0.417. The number of benzene rings is 2. The molecule has 2 amide bonds. The molecule has 0 aromatic heterocycles. The Hall–Kier alpha value is -2.62. The molecule has 1 unspecified atom stereocenters. The summed E-state index contributed by atoms with van der Waals surface area (Å²) in [6.45, 7) is 2.06. The molecule has 0 spiro atoms. The molecule has 3 rings (SSSR count). The lowest BCUT2D eigenvalue weighted by Crippen LogP contribution is -2.50. The number of nitrogens with one attached hydrogen (secondary N) is 2. The van der Waals surface area contributed by atoms with Crippen LogP contribution >= 0.6 is 0 Å². The fourth-order valence-corrected chi connectivity index (χ4v) is 4.25. The van der Waals surface area contributed by atoms with Gasteiger partial charge in [-0.1, -0.05) is 73.5 Å². The van der Waals surface area contributed by atoms with Crippen molar-refractivity contribution in [2.24, 2.45) is 5.92 Å². The van der Waals surface area contributed by atoms with Gasteiger partial charge < -0.3 is 10.6 Å². The minimum atomic E-state index is -0.410. The summed E-state index contributed by atoms with van der Waals surface area (Å²) in [5.74, 6) is 0.289. The summed E-state index contributed by atoms with van der Waals surface area (Å²) in [6, 6.07) is 20.4. The van der Waals surface area contributed by atoms with Crippen molar-refractivity contribution in [2.45, 2.75) is 51.0 Å². The number of amides is 2. The lowest BCUT2D eigenvalue weighted by Gasteiger charge is -2.24. The Kier molecular flexibility index (Phi) is 7.24. The van der Waals surface area contributed by atoms with E-state index in [1.807, 2.05) is 12.1 Å². The van der Waals surface area contributed by atoms with Crippen LogP contribution in [0.1, 0.15) is 56.1 Å². The highest BCUT2D eigenvalue weighted by Gasteiger charge is 2.31. The van der Waals surface area contributed by atoms with Crippen molar-refractivity contribution in [3.8, 4) is 0 Å². The van der Waals surface area contributed by atoms with Crippen molar-refractivity contribution in [3.05, 3.63) is 71.8 Å². The SMILES string of the molecule is CC(=O)NC(C(=O)NCCC(c1ccccc1)c1ccccc1)C1CCCC1. The minimum Gasteiger partial charge on any atom is -0.354 e. The van der Waals surface area contributed by atoms with E-state index in [4.69, 9.17) is 0 Å². The third kappa shape index (κ3) is 5.44. The molecule has 0 saturated heterocycles. The van der Waals surface area contributed by atoms with Crippen molar-refractivity contribution in [1.82, 2.24) is 10.6 Å². The Morgan fingerprint density at radius 2 is 1.46 bits per heavy atom. The maximum absolute atomic E-state index is 12.8. The summed E-state index contributed by atoms with van der Waals surface area (Å²) in [5, 5.41) is 5.95. The maximum Gasteiger partial charge on any atom is 0.242 e. The fourth-order valence-electron chi connectivity index (χ4n) is 4.25. The van der Waals surface area contributed by atoms with E-state index >= 15 is 0 Å². The first-order valence-corrected chi connectivity index (χ1v) is 10.3. The Balaban J connectivity index is 1.64. The molecule has 1 aliphatic rings. The number of hydrogen-bond acceptors (Lipinski definition) is 2. The van der Waals surface area contributed by atoms with E-state index in [0.717, 1.165) is 32.1 Å². The summed E-state index contributed by atoms with van der Waals surface area (Å²) in [4.78, 5) is 24.4. The predicted molar refractivity (Wildman–Crippen MR) is 112 cm³/mol. The molecular weight excluding hydrogens is 348 g/mol. The molecule has 0 aliphatic heterocycles. The topological polar surface area (TPSA) is 58.2 Å². The molecule has 4 nitrogen and oxygen atoms in total. The van der Waals surface area contributed by atoms with Crippen LogP contribution in [0.3, 0.4) is 0 Å². The first-order chi connectivity index (χ1) is 13.6. The van der Waals surface area contributed by atoms with Crippen LogP contribution in [0.5, 0.6) is 0 Å². The zero-order valence-electron chi connectivity index (χ0n) is 16.6. The Morgan fingerprint density at radius 3 is 1.96 bits per heavy atom. The molecule has 2 N–H and O–H groups in total. The van der Waals surface area contributed by atoms with Crippen molar-refractivity contribution >= 4 is 11.8 Å². The van der Waals surface area contributed by atoms with Crippen LogP contribution in [0.4, 0.5) is 0 Å². The van der Waals surface area contributed by atoms with E-state index in [1.54, 1.807) is 0 Å². The zero-order chi connectivity index (χ0) is 19.8. The quantitative estimate of drug-likeness (QED) is 0.729. The molecular formula is C24H30N2O2. The lowest BCUT2D eigenvalue weighted by molar-refractivity contribution is -0.129. The highest BCUT2D eigenvalue weighted by molar-refractivity contribution is 5.87. The second-order valence-corrected chi connectivity index (χ2v) is 7.68. The molecule has 1 fully saturated rings. The second-order valence-electron chi connectivity index (χ2n) is 7.68. The molecule has 1 atom stereocenters. The van der Waals surface area contributed by atoms with Crippen LogP contribution in [0.15, 0.2) is 60.7 Å². The van der Waals surface area contributed by atoms with Gasteiger partial charge in [-0.25, -0.2) is 0 Å². The van der Waals surface area contributed by atoms with Gasteiger partial charge in [0.25, 0.3) is 0 Å². The van der Waals surface area contributed by atoms with Crippen LogP contribution < -0.4 is 10.6 Å². The Bertz CT molecular complexity index is 715. The van der Waals surface area contributed by atoms with Crippen molar-refractivity contribution in [2.75, 3.05) is 6.54 Å². The van der Waals surface area contributed by atoms with E-state index in [0.29, 0.717) is 6.54 Å².